The number of nitrogens with one attached hydrogen (secondary N) is 2. The van der Waals surface area contributed by atoms with E-state index in [1.807, 2.05) is 6.92 Å². The summed E-state index contributed by atoms with van der Waals surface area (Å²) in [7, 11) is -3.24. The van der Waals surface area contributed by atoms with Gasteiger partial charge >= 0.3 is 6.03 Å². The van der Waals surface area contributed by atoms with Gasteiger partial charge in [0, 0.05) is 25.7 Å². The van der Waals surface area contributed by atoms with Crippen molar-refractivity contribution in [3.8, 4) is 0 Å². The zero-order valence-electron chi connectivity index (χ0n) is 12.7. The number of hydrogen-bond acceptors (Lipinski definition) is 4. The van der Waals surface area contributed by atoms with E-state index in [9.17, 15) is 13.2 Å². The zero-order chi connectivity index (χ0) is 15.5. The van der Waals surface area contributed by atoms with Crippen LogP contribution in [0.4, 0.5) is 4.79 Å². The maximum absolute atomic E-state index is 12.3. The number of carbonyl (C=O) groups excluding carboxylic acids is 1. The predicted molar refractivity (Wildman–Crippen MR) is 79.5 cm³/mol. The molecule has 2 aliphatic heterocycles. The van der Waals surface area contributed by atoms with E-state index in [1.165, 1.54) is 0 Å². The summed E-state index contributed by atoms with van der Waals surface area (Å²) in [6.07, 6.45) is 4.80. The molecule has 7 nitrogen and oxygen atoms in total. The molecule has 2 saturated heterocycles. The molecule has 0 unspecified atom stereocenters. The van der Waals surface area contributed by atoms with Gasteiger partial charge in [0.2, 0.25) is 10.0 Å². The van der Waals surface area contributed by atoms with Gasteiger partial charge in [-0.1, -0.05) is 0 Å². The fourth-order valence-electron chi connectivity index (χ4n) is 2.94. The Kier molecular flexibility index (Phi) is 5.45. The van der Waals surface area contributed by atoms with E-state index in [0.29, 0.717) is 13.1 Å². The third-order valence-corrected chi connectivity index (χ3v) is 4.72. The first kappa shape index (κ1) is 16.5. The van der Waals surface area contributed by atoms with Crippen LogP contribution in [-0.2, 0) is 14.8 Å². The van der Waals surface area contributed by atoms with Crippen molar-refractivity contribution in [2.75, 3.05) is 26.0 Å². The van der Waals surface area contributed by atoms with Gasteiger partial charge in [0.1, 0.15) is 0 Å². The topological polar surface area (TPSA) is 87.7 Å². The first-order valence-corrected chi connectivity index (χ1v) is 9.38. The molecule has 21 heavy (non-hydrogen) atoms. The van der Waals surface area contributed by atoms with E-state index >= 15 is 0 Å². The molecule has 0 aliphatic carbocycles. The van der Waals surface area contributed by atoms with Crippen LogP contribution in [0, 0.1) is 0 Å². The van der Waals surface area contributed by atoms with Gasteiger partial charge in [-0.15, -0.1) is 0 Å². The Hall–Kier alpha value is -0.860. The Morgan fingerprint density at radius 2 is 2.10 bits per heavy atom. The maximum atomic E-state index is 12.3. The average molecular weight is 319 g/mol. The molecule has 3 atom stereocenters. The number of hydrogen-bond donors (Lipinski definition) is 2. The van der Waals surface area contributed by atoms with E-state index in [4.69, 9.17) is 4.74 Å². The normalized spacial score (nSPS) is 28.4. The molecule has 0 radical (unpaired) electrons. The van der Waals surface area contributed by atoms with Gasteiger partial charge in [0.25, 0.3) is 0 Å². The highest BCUT2D eigenvalue weighted by molar-refractivity contribution is 7.88. The highest BCUT2D eigenvalue weighted by Crippen LogP contribution is 2.16. The second kappa shape index (κ2) is 6.93. The smallest absolute Gasteiger partial charge is 0.317 e. The van der Waals surface area contributed by atoms with Crippen LogP contribution in [0.5, 0.6) is 0 Å². The van der Waals surface area contributed by atoms with Gasteiger partial charge in [-0.05, 0) is 32.6 Å². The number of amides is 2. The van der Waals surface area contributed by atoms with E-state index in [1.54, 1.807) is 4.90 Å². The number of piperidine rings is 1. The Morgan fingerprint density at radius 1 is 1.33 bits per heavy atom. The molecule has 0 spiro atoms. The molecule has 2 heterocycles. The molecule has 2 N–H and O–H groups in total. The molecule has 2 amide bonds. The number of nitrogens with zero attached hydrogens (tertiary/aromatic N) is 1. The second-order valence-corrected chi connectivity index (χ2v) is 7.74. The van der Waals surface area contributed by atoms with Crippen LogP contribution in [0.3, 0.4) is 0 Å². The van der Waals surface area contributed by atoms with Crippen molar-refractivity contribution in [3.63, 3.8) is 0 Å². The minimum atomic E-state index is -3.24. The lowest BCUT2D eigenvalue weighted by molar-refractivity contribution is 0.0822. The maximum Gasteiger partial charge on any atom is 0.317 e. The van der Waals surface area contributed by atoms with E-state index in [2.05, 4.69) is 10.0 Å². The monoisotopic (exact) mass is 319 g/mol. The average Bonchev–Trinajstić information content (AvgIpc) is 2.90. The van der Waals surface area contributed by atoms with E-state index in [0.717, 1.165) is 38.5 Å². The Bertz CT molecular complexity index is 462. The van der Waals surface area contributed by atoms with Gasteiger partial charge in [-0.3, -0.25) is 0 Å². The highest BCUT2D eigenvalue weighted by Gasteiger charge is 2.28. The Morgan fingerprint density at radius 3 is 2.71 bits per heavy atom. The van der Waals surface area contributed by atoms with Crippen LogP contribution in [0.25, 0.3) is 0 Å². The SMILES string of the molecule is C[C@H](NC(=O)N1CCC[C@@H](NS(C)(=O)=O)C1)[C@@H]1CCCO1. The zero-order valence-corrected chi connectivity index (χ0v) is 13.5. The highest BCUT2D eigenvalue weighted by atomic mass is 32.2. The summed E-state index contributed by atoms with van der Waals surface area (Å²) in [5.74, 6) is 0. The lowest BCUT2D eigenvalue weighted by atomic mass is 10.1. The van der Waals surface area contributed by atoms with Crippen LogP contribution in [0.1, 0.15) is 32.6 Å². The van der Waals surface area contributed by atoms with Crippen LogP contribution in [-0.4, -0.2) is 63.5 Å². The fourth-order valence-corrected chi connectivity index (χ4v) is 3.73. The molecule has 2 aliphatic rings. The van der Waals surface area contributed by atoms with Crippen LogP contribution in [0.2, 0.25) is 0 Å². The van der Waals surface area contributed by atoms with E-state index < -0.39 is 10.0 Å². The van der Waals surface area contributed by atoms with Gasteiger partial charge in [-0.2, -0.15) is 0 Å². The summed E-state index contributed by atoms with van der Waals surface area (Å²) < 4.78 is 30.7. The predicted octanol–water partition coefficient (Wildman–Crippen LogP) is 0.277. The summed E-state index contributed by atoms with van der Waals surface area (Å²) >= 11 is 0. The summed E-state index contributed by atoms with van der Waals surface area (Å²) in [5.41, 5.74) is 0. The lowest BCUT2D eigenvalue weighted by Crippen LogP contribution is -2.54. The first-order valence-electron chi connectivity index (χ1n) is 7.49. The third kappa shape index (κ3) is 5.12. The van der Waals surface area contributed by atoms with Gasteiger partial charge < -0.3 is 15.0 Å². The molecule has 0 bridgehead atoms. The summed E-state index contributed by atoms with van der Waals surface area (Å²) in [6, 6.07) is -0.362. The number of carbonyl (C=O) groups is 1. The molecule has 0 aromatic carbocycles. The minimum Gasteiger partial charge on any atom is -0.376 e. The molecular formula is C13H25N3O4S. The van der Waals surface area contributed by atoms with Crippen LogP contribution < -0.4 is 10.0 Å². The van der Waals surface area contributed by atoms with Crippen LogP contribution >= 0.6 is 0 Å². The summed E-state index contributed by atoms with van der Waals surface area (Å²) in [4.78, 5) is 13.9. The molecule has 0 aromatic rings. The number of sulfonamides is 1. The largest absolute Gasteiger partial charge is 0.376 e. The molecule has 0 aromatic heterocycles. The van der Waals surface area contributed by atoms with Crippen LogP contribution in [0.15, 0.2) is 0 Å². The van der Waals surface area contributed by atoms with Gasteiger partial charge in [0.05, 0.1) is 18.4 Å². The van der Waals surface area contributed by atoms with Crippen molar-refractivity contribution in [1.82, 2.24) is 14.9 Å². The number of ether oxygens (including phenoxy) is 1. The quantitative estimate of drug-likeness (QED) is 0.779. The molecule has 0 saturated carbocycles. The van der Waals surface area contributed by atoms with Crippen molar-refractivity contribution >= 4 is 16.1 Å². The second-order valence-electron chi connectivity index (χ2n) is 5.96. The van der Waals surface area contributed by atoms with Crippen molar-refractivity contribution in [2.45, 2.75) is 50.8 Å². The summed E-state index contributed by atoms with van der Waals surface area (Å²) in [6.45, 7) is 3.78. The molecule has 122 valence electrons. The molecule has 2 rings (SSSR count). The van der Waals surface area contributed by atoms with Gasteiger partial charge in [-0.25, -0.2) is 17.9 Å². The summed E-state index contributed by atoms with van der Waals surface area (Å²) in [5, 5.41) is 2.96. The van der Waals surface area contributed by atoms with Gasteiger partial charge in [0.15, 0.2) is 0 Å². The van der Waals surface area contributed by atoms with Crippen molar-refractivity contribution in [1.29, 1.82) is 0 Å². The van der Waals surface area contributed by atoms with Crippen molar-refractivity contribution < 1.29 is 17.9 Å². The third-order valence-electron chi connectivity index (χ3n) is 3.96. The number of rotatable bonds is 4. The van der Waals surface area contributed by atoms with Crippen molar-refractivity contribution in [2.24, 2.45) is 0 Å². The fraction of sp³-hybridized carbons (Fsp3) is 0.923. The lowest BCUT2D eigenvalue weighted by Gasteiger charge is -2.34. The molecule has 2 fully saturated rings. The molecule has 8 heteroatoms. The van der Waals surface area contributed by atoms with Crippen molar-refractivity contribution in [3.05, 3.63) is 0 Å². The number of likely N-dealkylation sites (tertiary alicyclic amines) is 1. The number of urea groups is 1. The van der Waals surface area contributed by atoms with E-state index in [-0.39, 0.29) is 24.2 Å². The Balaban J connectivity index is 1.83. The Labute approximate surface area is 126 Å². The molecular weight excluding hydrogens is 294 g/mol. The first-order chi connectivity index (χ1) is 9.85. The standard InChI is InChI=1S/C13H25N3O4S/c1-10(12-6-4-8-20-12)14-13(17)16-7-3-5-11(9-16)15-21(2,18)19/h10-12,15H,3-9H2,1-2H3,(H,14,17)/t10-,11+,12-/m0/s1. The minimum absolute atomic E-state index is 0.0248.